The second kappa shape index (κ2) is 14.4. The van der Waals surface area contributed by atoms with Crippen molar-refractivity contribution in [1.82, 2.24) is 0 Å². The van der Waals surface area contributed by atoms with E-state index in [-0.39, 0.29) is 16.8 Å². The van der Waals surface area contributed by atoms with Crippen molar-refractivity contribution in [1.29, 1.82) is 0 Å². The molecule has 0 bridgehead atoms. The number of benzene rings is 6. The summed E-state index contributed by atoms with van der Waals surface area (Å²) >= 11 is 1.60. The third-order valence-corrected chi connectivity index (χ3v) is 11.4. The molecule has 6 aromatic carbocycles. The summed E-state index contributed by atoms with van der Waals surface area (Å²) in [4.78, 5) is 52.4. The van der Waals surface area contributed by atoms with Gasteiger partial charge < -0.3 is 23.7 Å². The number of carbonyl (C=O) groups excluding carboxylic acids is 4. The highest BCUT2D eigenvalue weighted by molar-refractivity contribution is 7.99. The average Bonchev–Trinajstić information content (AvgIpc) is 3.19. The summed E-state index contributed by atoms with van der Waals surface area (Å²) < 4.78 is 27.6. The lowest BCUT2D eigenvalue weighted by Crippen LogP contribution is -2.33. The Labute approximate surface area is 309 Å². The van der Waals surface area contributed by atoms with Crippen molar-refractivity contribution in [2.24, 2.45) is 0 Å². The molecular weight excluding hydrogens is 693 g/mol. The van der Waals surface area contributed by atoms with Gasteiger partial charge in [-0.1, -0.05) is 72.8 Å². The predicted octanol–water partition coefficient (Wildman–Crippen LogP) is 8.56. The minimum Gasteiger partial charge on any atom is -0.495 e. The minimum absolute atomic E-state index is 0.158. The Morgan fingerprint density at radius 3 is 1.89 bits per heavy atom. The van der Waals surface area contributed by atoms with E-state index in [9.17, 15) is 19.2 Å². The maximum atomic E-state index is 13.9. The number of carbonyl (C=O) groups is 4. The first kappa shape index (κ1) is 34.5. The predicted molar refractivity (Wildman–Crippen MR) is 204 cm³/mol. The Balaban J connectivity index is 1.29. The zero-order valence-electron chi connectivity index (χ0n) is 29.3. The van der Waals surface area contributed by atoms with E-state index in [0.717, 1.165) is 56.8 Å². The van der Waals surface area contributed by atoms with Crippen LogP contribution in [0, 0.1) is 0 Å². The third kappa shape index (κ3) is 6.20. The highest BCUT2D eigenvalue weighted by atomic mass is 32.2. The van der Waals surface area contributed by atoms with E-state index < -0.39 is 24.0 Å². The molecule has 0 spiro atoms. The molecule has 2 aliphatic rings. The van der Waals surface area contributed by atoms with Gasteiger partial charge in [0.2, 0.25) is 0 Å². The summed E-state index contributed by atoms with van der Waals surface area (Å²) in [6.07, 6.45) is 1.61. The van der Waals surface area contributed by atoms with Crippen LogP contribution in [0.2, 0.25) is 0 Å². The molecule has 2 fully saturated rings. The smallest absolute Gasteiger partial charge is 0.347 e. The third-order valence-electron chi connectivity index (χ3n) is 10.2. The lowest BCUT2D eigenvalue weighted by molar-refractivity contribution is -0.159. The summed E-state index contributed by atoms with van der Waals surface area (Å²) in [6, 6.07) is 27.0. The molecule has 0 saturated carbocycles. The largest absolute Gasteiger partial charge is 0.495 e. The van der Waals surface area contributed by atoms with Crippen molar-refractivity contribution in [3.63, 3.8) is 0 Å². The number of thioether (sulfide) groups is 1. The van der Waals surface area contributed by atoms with Crippen LogP contribution < -0.4 is 4.74 Å². The van der Waals surface area contributed by atoms with Crippen LogP contribution in [0.5, 0.6) is 5.75 Å². The first-order valence-electron chi connectivity index (χ1n) is 17.6. The average molecular weight is 729 g/mol. The van der Waals surface area contributed by atoms with Gasteiger partial charge in [-0.2, -0.15) is 0 Å². The maximum Gasteiger partial charge on any atom is 0.347 e. The fourth-order valence-electron chi connectivity index (χ4n) is 7.62. The number of hydrogen-bond acceptors (Lipinski definition) is 10. The lowest BCUT2D eigenvalue weighted by Gasteiger charge is -2.22. The molecular formula is C43H36O9S. The van der Waals surface area contributed by atoms with E-state index in [2.05, 4.69) is 18.2 Å². The van der Waals surface area contributed by atoms with Crippen molar-refractivity contribution in [2.75, 3.05) is 27.4 Å². The molecule has 0 amide bonds. The van der Waals surface area contributed by atoms with Crippen molar-refractivity contribution >= 4 is 78.7 Å². The second-order valence-electron chi connectivity index (χ2n) is 13.2. The van der Waals surface area contributed by atoms with Crippen LogP contribution in [-0.2, 0) is 34.3 Å². The number of fused-ring (bicyclic) bond motifs is 4. The van der Waals surface area contributed by atoms with Gasteiger partial charge in [0.25, 0.3) is 0 Å². The topological polar surface area (TPSA) is 114 Å². The molecule has 0 aromatic heterocycles. The van der Waals surface area contributed by atoms with E-state index >= 15 is 0 Å². The Morgan fingerprint density at radius 1 is 0.660 bits per heavy atom. The molecule has 9 nitrogen and oxygen atoms in total. The molecule has 10 heteroatoms. The molecule has 0 radical (unpaired) electrons. The minimum atomic E-state index is -1.01. The first-order valence-corrected chi connectivity index (χ1v) is 18.7. The summed E-state index contributed by atoms with van der Waals surface area (Å²) in [5.74, 6) is -0.596. The zero-order valence-corrected chi connectivity index (χ0v) is 30.1. The van der Waals surface area contributed by atoms with E-state index in [0.29, 0.717) is 58.9 Å². The number of esters is 4. The monoisotopic (exact) mass is 728 g/mol. The first-order chi connectivity index (χ1) is 25.9. The molecule has 2 saturated heterocycles. The van der Waals surface area contributed by atoms with E-state index in [1.54, 1.807) is 43.1 Å². The summed E-state index contributed by atoms with van der Waals surface area (Å²) in [6.45, 7) is 0.769. The zero-order chi connectivity index (χ0) is 36.6. The highest BCUT2D eigenvalue weighted by Gasteiger charge is 2.31. The molecule has 2 atom stereocenters. The molecule has 2 heterocycles. The molecule has 2 unspecified atom stereocenters. The SMILES string of the molecule is COC(=O)c1c2ccccc2c(C(=O)OC2CCCOC2=O)c2ccc(-c3ccc4c(CSC5CCCOC5=O)c5ccccc5c(OC)c4c3)cc12. The van der Waals surface area contributed by atoms with Gasteiger partial charge in [0.15, 0.2) is 6.10 Å². The number of ether oxygens (including phenoxy) is 5. The van der Waals surface area contributed by atoms with Crippen LogP contribution in [-0.4, -0.2) is 62.7 Å². The molecule has 8 rings (SSSR count). The van der Waals surface area contributed by atoms with Crippen LogP contribution in [0.3, 0.4) is 0 Å². The van der Waals surface area contributed by atoms with Crippen LogP contribution in [0.25, 0.3) is 54.2 Å². The number of rotatable bonds is 8. The normalized spacial score (nSPS) is 17.5. The van der Waals surface area contributed by atoms with Gasteiger partial charge in [0.1, 0.15) is 11.0 Å². The van der Waals surface area contributed by atoms with Crippen molar-refractivity contribution in [2.45, 2.75) is 42.8 Å². The molecule has 0 N–H and O–H groups in total. The molecule has 53 heavy (non-hydrogen) atoms. The highest BCUT2D eigenvalue weighted by Crippen LogP contribution is 2.43. The fourth-order valence-corrected chi connectivity index (χ4v) is 8.84. The summed E-state index contributed by atoms with van der Waals surface area (Å²) in [5.41, 5.74) is 3.34. The van der Waals surface area contributed by atoms with Crippen molar-refractivity contribution < 1.29 is 42.9 Å². The standard InChI is InChI=1S/C43H36O9S/c1-48-39-31-12-6-3-9-26(31)34(23-53-36-14-8-20-51-41(36)45)27-17-15-25(22-33(27)39)24-16-18-30-32(21-24)38(42(46)49-2)29-11-5-4-10-28(29)37(30)43(47)52-35-13-7-19-50-40(35)44/h3-6,9-12,15-18,21-22,35-36H,7-8,13-14,19-20,23H2,1-2H3. The van der Waals surface area contributed by atoms with Gasteiger partial charge in [0.05, 0.1) is 38.6 Å². The van der Waals surface area contributed by atoms with Crippen LogP contribution >= 0.6 is 11.8 Å². The van der Waals surface area contributed by atoms with Gasteiger partial charge >= 0.3 is 23.9 Å². The van der Waals surface area contributed by atoms with Crippen LogP contribution in [0.15, 0.2) is 84.9 Å². The second-order valence-corrected chi connectivity index (χ2v) is 14.4. The van der Waals surface area contributed by atoms with Gasteiger partial charge in [-0.25, -0.2) is 14.4 Å². The number of cyclic esters (lactones) is 2. The van der Waals surface area contributed by atoms with Gasteiger partial charge in [0, 0.05) is 16.5 Å². The van der Waals surface area contributed by atoms with Crippen molar-refractivity contribution in [3.8, 4) is 16.9 Å². The lowest BCUT2D eigenvalue weighted by atomic mass is 9.89. The van der Waals surface area contributed by atoms with E-state index in [1.165, 1.54) is 7.11 Å². The summed E-state index contributed by atoms with van der Waals surface area (Å²) in [7, 11) is 2.99. The molecule has 268 valence electrons. The number of hydrogen-bond donors (Lipinski definition) is 0. The Kier molecular flexibility index (Phi) is 9.38. The van der Waals surface area contributed by atoms with Gasteiger partial charge in [-0.15, -0.1) is 11.8 Å². The Hall–Kier alpha value is -5.61. The van der Waals surface area contributed by atoms with Gasteiger partial charge in [-0.05, 0) is 86.8 Å². The molecule has 6 aromatic rings. The van der Waals surface area contributed by atoms with E-state index in [1.807, 2.05) is 42.5 Å². The molecule has 0 aliphatic carbocycles. The summed E-state index contributed by atoms with van der Waals surface area (Å²) in [5, 5.41) is 5.76. The fraction of sp³-hybridized carbons (Fsp3) is 0.256. The number of methoxy groups -OCH3 is 2. The van der Waals surface area contributed by atoms with Gasteiger partial charge in [-0.3, -0.25) is 4.79 Å². The Bertz CT molecular complexity index is 2470. The van der Waals surface area contributed by atoms with Crippen molar-refractivity contribution in [3.05, 3.63) is 102 Å². The van der Waals surface area contributed by atoms with Crippen LogP contribution in [0.1, 0.15) is 52.0 Å². The quantitative estimate of drug-likeness (QED) is 0.0858. The van der Waals surface area contributed by atoms with Crippen LogP contribution in [0.4, 0.5) is 0 Å². The maximum absolute atomic E-state index is 13.9. The molecule has 2 aliphatic heterocycles. The Morgan fingerprint density at radius 2 is 1.23 bits per heavy atom. The van der Waals surface area contributed by atoms with E-state index in [4.69, 9.17) is 23.7 Å².